The van der Waals surface area contributed by atoms with Crippen molar-refractivity contribution in [2.24, 2.45) is 0 Å². The maximum absolute atomic E-state index is 13.2. The Kier molecular flexibility index (Phi) is 4.56. The molecule has 6 nitrogen and oxygen atoms in total. The summed E-state index contributed by atoms with van der Waals surface area (Å²) in [4.78, 5) is 19.6. The molecule has 0 N–H and O–H groups in total. The fourth-order valence-electron chi connectivity index (χ4n) is 3.75. The molecule has 1 aliphatic rings. The summed E-state index contributed by atoms with van der Waals surface area (Å²) in [6, 6.07) is 9.83. The number of amides is 1. The van der Waals surface area contributed by atoms with Crippen LogP contribution in [0, 0.1) is 0 Å². The van der Waals surface area contributed by atoms with Gasteiger partial charge >= 0.3 is 0 Å². The molecule has 3 aromatic rings. The zero-order valence-electron chi connectivity index (χ0n) is 15.0. The van der Waals surface area contributed by atoms with Crippen LogP contribution in [-0.4, -0.2) is 43.2 Å². The Hall–Kier alpha value is -2.89. The van der Waals surface area contributed by atoms with Crippen molar-refractivity contribution in [1.29, 1.82) is 0 Å². The number of piperidine rings is 1. The molecule has 0 bridgehead atoms. The fraction of sp³-hybridized carbons (Fsp3) is 0.350. The van der Waals surface area contributed by atoms with Crippen molar-refractivity contribution in [2.45, 2.75) is 32.2 Å². The number of carbonyl (C=O) groups excluding carboxylic acids is 1. The lowest BCUT2D eigenvalue weighted by Crippen LogP contribution is -2.41. The summed E-state index contributed by atoms with van der Waals surface area (Å²) in [6.45, 7) is 3.62. The molecule has 2 aromatic heterocycles. The summed E-state index contributed by atoms with van der Waals surface area (Å²) in [6.07, 6.45) is 10.5. The number of hydrogen-bond donors (Lipinski definition) is 0. The molecule has 1 amide bonds. The lowest BCUT2D eigenvalue weighted by atomic mass is 10.0. The Bertz CT molecular complexity index is 883. The number of imidazole rings is 1. The fourth-order valence-corrected chi connectivity index (χ4v) is 3.75. The van der Waals surface area contributed by atoms with E-state index < -0.39 is 0 Å². The van der Waals surface area contributed by atoms with Crippen LogP contribution in [0.2, 0.25) is 0 Å². The minimum atomic E-state index is 0.0685. The van der Waals surface area contributed by atoms with Crippen molar-refractivity contribution in [1.82, 2.24) is 24.2 Å². The van der Waals surface area contributed by atoms with Crippen molar-refractivity contribution >= 4 is 5.91 Å². The number of likely N-dealkylation sites (tertiary alicyclic amines) is 1. The van der Waals surface area contributed by atoms with Crippen LogP contribution >= 0.6 is 0 Å². The van der Waals surface area contributed by atoms with E-state index in [0.29, 0.717) is 11.6 Å². The van der Waals surface area contributed by atoms with Gasteiger partial charge in [0.1, 0.15) is 5.82 Å². The van der Waals surface area contributed by atoms with E-state index in [-0.39, 0.29) is 5.91 Å². The molecular formula is C20H23N5O. The number of nitrogens with zero attached hydrogens (tertiary/aromatic N) is 5. The van der Waals surface area contributed by atoms with Crippen LogP contribution in [0.1, 0.15) is 42.0 Å². The average Bonchev–Trinajstić information content (AvgIpc) is 3.39. The third-order valence-electron chi connectivity index (χ3n) is 5.03. The minimum Gasteiger partial charge on any atom is -0.337 e. The molecule has 0 aliphatic carbocycles. The third-order valence-corrected chi connectivity index (χ3v) is 5.03. The quantitative estimate of drug-likeness (QED) is 0.727. The highest BCUT2D eigenvalue weighted by Crippen LogP contribution is 2.25. The Morgan fingerprint density at radius 2 is 2.08 bits per heavy atom. The standard InChI is InChI=1S/C20H23N5O/c1-2-19-21-11-14-24(19)16-7-5-12-23(15-16)20(26)17-8-3-4-9-18(17)25-13-6-10-22-25/h3-4,6,8-11,13-14,16H,2,5,7,12,15H2,1H3. The highest BCUT2D eigenvalue weighted by Gasteiger charge is 2.27. The molecule has 4 rings (SSSR count). The van der Waals surface area contributed by atoms with Gasteiger partial charge < -0.3 is 9.47 Å². The third kappa shape index (κ3) is 3.03. The first-order valence-electron chi connectivity index (χ1n) is 9.18. The number of benzene rings is 1. The molecule has 3 heterocycles. The van der Waals surface area contributed by atoms with Gasteiger partial charge in [-0.2, -0.15) is 5.10 Å². The number of rotatable bonds is 4. The second-order valence-corrected chi connectivity index (χ2v) is 6.62. The first-order chi connectivity index (χ1) is 12.8. The number of aryl methyl sites for hydroxylation is 1. The smallest absolute Gasteiger partial charge is 0.256 e. The molecule has 0 saturated carbocycles. The number of carbonyl (C=O) groups is 1. The van der Waals surface area contributed by atoms with Gasteiger partial charge in [-0.1, -0.05) is 19.1 Å². The number of para-hydroxylation sites is 1. The van der Waals surface area contributed by atoms with Crippen molar-refractivity contribution < 1.29 is 4.79 Å². The first-order valence-corrected chi connectivity index (χ1v) is 9.18. The molecule has 1 unspecified atom stereocenters. The highest BCUT2D eigenvalue weighted by atomic mass is 16.2. The van der Waals surface area contributed by atoms with Gasteiger partial charge in [0.15, 0.2) is 0 Å². The van der Waals surface area contributed by atoms with Crippen LogP contribution in [-0.2, 0) is 6.42 Å². The summed E-state index contributed by atoms with van der Waals surface area (Å²) >= 11 is 0. The molecule has 1 atom stereocenters. The van der Waals surface area contributed by atoms with Gasteiger partial charge in [-0.3, -0.25) is 4.79 Å². The summed E-state index contributed by atoms with van der Waals surface area (Å²) in [7, 11) is 0. The van der Waals surface area contributed by atoms with E-state index in [2.05, 4.69) is 21.6 Å². The van der Waals surface area contributed by atoms with Crippen molar-refractivity contribution in [3.8, 4) is 5.69 Å². The normalized spacial score (nSPS) is 17.4. The van der Waals surface area contributed by atoms with Crippen LogP contribution in [0.25, 0.3) is 5.69 Å². The van der Waals surface area contributed by atoms with E-state index in [9.17, 15) is 4.79 Å². The van der Waals surface area contributed by atoms with Crippen LogP contribution in [0.15, 0.2) is 55.1 Å². The zero-order valence-corrected chi connectivity index (χ0v) is 15.0. The lowest BCUT2D eigenvalue weighted by molar-refractivity contribution is 0.0678. The maximum Gasteiger partial charge on any atom is 0.256 e. The van der Waals surface area contributed by atoms with E-state index >= 15 is 0 Å². The van der Waals surface area contributed by atoms with Gasteiger partial charge in [-0.15, -0.1) is 0 Å². The molecular weight excluding hydrogens is 326 g/mol. The summed E-state index contributed by atoms with van der Waals surface area (Å²) in [5.41, 5.74) is 1.51. The molecule has 1 aliphatic heterocycles. The average molecular weight is 349 g/mol. The van der Waals surface area contributed by atoms with Gasteiger partial charge in [0.25, 0.3) is 5.91 Å². The largest absolute Gasteiger partial charge is 0.337 e. The predicted octanol–water partition coefficient (Wildman–Crippen LogP) is 3.11. The second kappa shape index (κ2) is 7.15. The van der Waals surface area contributed by atoms with Crippen molar-refractivity contribution in [3.63, 3.8) is 0 Å². The van der Waals surface area contributed by atoms with Gasteiger partial charge in [-0.05, 0) is 31.0 Å². The lowest BCUT2D eigenvalue weighted by Gasteiger charge is -2.34. The number of hydrogen-bond acceptors (Lipinski definition) is 3. The molecule has 0 radical (unpaired) electrons. The van der Waals surface area contributed by atoms with Gasteiger partial charge in [0.05, 0.1) is 17.3 Å². The molecule has 134 valence electrons. The van der Waals surface area contributed by atoms with E-state index in [1.54, 1.807) is 10.9 Å². The Balaban J connectivity index is 1.59. The number of aromatic nitrogens is 4. The van der Waals surface area contributed by atoms with E-state index in [4.69, 9.17) is 0 Å². The second-order valence-electron chi connectivity index (χ2n) is 6.62. The topological polar surface area (TPSA) is 56.0 Å². The van der Waals surface area contributed by atoms with E-state index in [1.807, 2.05) is 53.8 Å². The van der Waals surface area contributed by atoms with Crippen molar-refractivity contribution in [3.05, 3.63) is 66.5 Å². The van der Waals surface area contributed by atoms with E-state index in [1.165, 1.54) is 0 Å². The summed E-state index contributed by atoms with van der Waals surface area (Å²) in [5, 5.41) is 4.29. The van der Waals surface area contributed by atoms with Crippen LogP contribution < -0.4 is 0 Å². The minimum absolute atomic E-state index is 0.0685. The Labute approximate surface area is 153 Å². The molecule has 6 heteroatoms. The molecule has 0 spiro atoms. The van der Waals surface area contributed by atoms with Gasteiger partial charge in [0, 0.05) is 44.3 Å². The Morgan fingerprint density at radius 3 is 2.88 bits per heavy atom. The molecule has 1 aromatic carbocycles. The van der Waals surface area contributed by atoms with Crippen LogP contribution in [0.3, 0.4) is 0 Å². The predicted molar refractivity (Wildman–Crippen MR) is 99.3 cm³/mol. The first kappa shape index (κ1) is 16.6. The van der Waals surface area contributed by atoms with Crippen LogP contribution in [0.5, 0.6) is 0 Å². The zero-order chi connectivity index (χ0) is 17.9. The van der Waals surface area contributed by atoms with Crippen LogP contribution in [0.4, 0.5) is 0 Å². The highest BCUT2D eigenvalue weighted by molar-refractivity contribution is 5.97. The van der Waals surface area contributed by atoms with E-state index in [0.717, 1.165) is 43.9 Å². The molecule has 26 heavy (non-hydrogen) atoms. The monoisotopic (exact) mass is 349 g/mol. The Morgan fingerprint density at radius 1 is 1.19 bits per heavy atom. The molecule has 1 saturated heterocycles. The van der Waals surface area contributed by atoms with Crippen molar-refractivity contribution in [2.75, 3.05) is 13.1 Å². The SMILES string of the molecule is CCc1nccn1C1CCCN(C(=O)c2ccccc2-n2cccn2)C1. The maximum atomic E-state index is 13.2. The summed E-state index contributed by atoms with van der Waals surface area (Å²) in [5.74, 6) is 1.15. The summed E-state index contributed by atoms with van der Waals surface area (Å²) < 4.78 is 3.98. The molecule has 1 fully saturated rings. The van der Waals surface area contributed by atoms with Gasteiger partial charge in [0.2, 0.25) is 0 Å². The van der Waals surface area contributed by atoms with Gasteiger partial charge in [-0.25, -0.2) is 9.67 Å².